The van der Waals surface area contributed by atoms with Crippen molar-refractivity contribution in [3.8, 4) is 16.9 Å². The van der Waals surface area contributed by atoms with E-state index in [0.29, 0.717) is 30.1 Å². The highest BCUT2D eigenvalue weighted by Gasteiger charge is 2.50. The largest absolute Gasteiger partial charge is 0.493 e. The van der Waals surface area contributed by atoms with Gasteiger partial charge in [0, 0.05) is 17.1 Å². The first kappa shape index (κ1) is 28.5. The second-order valence-electron chi connectivity index (χ2n) is 8.05. The third-order valence-electron chi connectivity index (χ3n) is 5.23. The number of halogens is 2. The molecule has 4 N–H and O–H groups in total. The van der Waals surface area contributed by atoms with E-state index in [9.17, 15) is 27.7 Å². The van der Waals surface area contributed by atoms with Gasteiger partial charge < -0.3 is 24.3 Å². The van der Waals surface area contributed by atoms with Gasteiger partial charge in [-0.2, -0.15) is 20.5 Å². The standard InChI is InChI=1S/C24H26F2O7P2S/c1-2-13-33-22-12-9-20(14-23(22)34(27,28)29)19-7-3-17(4-8-19)15-36-16-18-5-10-21(11-6-18)24(25,26)35(30,31)32/h3-12,14H,2,13,15-16H2,1H3,(H2,27,28,29)(H2,30,31,32). The van der Waals surface area contributed by atoms with Crippen LogP contribution in [0.15, 0.2) is 66.7 Å². The number of rotatable bonds is 11. The average molecular weight is 558 g/mol. The summed E-state index contributed by atoms with van der Waals surface area (Å²) in [6, 6.07) is 17.1. The lowest BCUT2D eigenvalue weighted by molar-refractivity contribution is 0.0564. The van der Waals surface area contributed by atoms with Gasteiger partial charge in [0.2, 0.25) is 0 Å². The van der Waals surface area contributed by atoms with Gasteiger partial charge in [0.05, 0.1) is 6.61 Å². The van der Waals surface area contributed by atoms with Gasteiger partial charge in [0.15, 0.2) is 0 Å². The quantitative estimate of drug-likeness (QED) is 0.224. The maximum atomic E-state index is 13.8. The highest BCUT2D eigenvalue weighted by molar-refractivity contribution is 7.97. The van der Waals surface area contributed by atoms with Crippen molar-refractivity contribution in [3.05, 3.63) is 83.4 Å². The van der Waals surface area contributed by atoms with E-state index in [-0.39, 0.29) is 11.1 Å². The van der Waals surface area contributed by atoms with Gasteiger partial charge in [-0.25, -0.2) is 0 Å². The summed E-state index contributed by atoms with van der Waals surface area (Å²) in [6.07, 6.45) is 0.708. The summed E-state index contributed by atoms with van der Waals surface area (Å²) in [5.74, 6) is 1.30. The van der Waals surface area contributed by atoms with Crippen LogP contribution in [-0.4, -0.2) is 26.2 Å². The highest BCUT2D eigenvalue weighted by atomic mass is 32.2. The Bertz CT molecular complexity index is 1270. The van der Waals surface area contributed by atoms with Crippen molar-refractivity contribution < 1.29 is 42.2 Å². The first-order valence-electron chi connectivity index (χ1n) is 10.9. The Morgan fingerprint density at radius 3 is 1.86 bits per heavy atom. The molecule has 0 amide bonds. The molecular weight excluding hydrogens is 532 g/mol. The van der Waals surface area contributed by atoms with Crippen molar-refractivity contribution in [1.82, 2.24) is 0 Å². The van der Waals surface area contributed by atoms with E-state index in [4.69, 9.17) is 14.5 Å². The van der Waals surface area contributed by atoms with E-state index in [0.717, 1.165) is 28.8 Å². The molecule has 194 valence electrons. The van der Waals surface area contributed by atoms with Crippen molar-refractivity contribution in [3.63, 3.8) is 0 Å². The summed E-state index contributed by atoms with van der Waals surface area (Å²) < 4.78 is 55.9. The zero-order valence-corrected chi connectivity index (χ0v) is 21.9. The van der Waals surface area contributed by atoms with Crippen molar-refractivity contribution in [2.75, 3.05) is 6.61 Å². The molecular formula is C24H26F2O7P2S. The molecule has 0 bridgehead atoms. The van der Waals surface area contributed by atoms with Crippen LogP contribution in [0.1, 0.15) is 30.0 Å². The average Bonchev–Trinajstić information content (AvgIpc) is 2.82. The molecule has 12 heteroatoms. The molecule has 0 aliphatic carbocycles. The van der Waals surface area contributed by atoms with Crippen LogP contribution in [0.4, 0.5) is 8.78 Å². The van der Waals surface area contributed by atoms with Crippen molar-refractivity contribution in [2.24, 2.45) is 0 Å². The molecule has 0 saturated heterocycles. The van der Waals surface area contributed by atoms with E-state index in [1.54, 1.807) is 12.1 Å². The van der Waals surface area contributed by atoms with Crippen LogP contribution >= 0.6 is 27.0 Å². The molecule has 0 atom stereocenters. The molecule has 0 aliphatic heterocycles. The van der Waals surface area contributed by atoms with Gasteiger partial charge in [-0.1, -0.05) is 61.5 Å². The summed E-state index contributed by atoms with van der Waals surface area (Å²) in [4.78, 5) is 37.1. The van der Waals surface area contributed by atoms with E-state index < -0.39 is 26.4 Å². The van der Waals surface area contributed by atoms with Crippen LogP contribution in [0.3, 0.4) is 0 Å². The fourth-order valence-electron chi connectivity index (χ4n) is 3.31. The second-order valence-corrected chi connectivity index (χ2v) is 12.3. The van der Waals surface area contributed by atoms with E-state index >= 15 is 0 Å². The Morgan fingerprint density at radius 1 is 0.833 bits per heavy atom. The number of benzene rings is 3. The minimum Gasteiger partial charge on any atom is -0.493 e. The fraction of sp³-hybridized carbons (Fsp3) is 0.250. The predicted molar refractivity (Wildman–Crippen MR) is 137 cm³/mol. The molecule has 3 aromatic carbocycles. The molecule has 7 nitrogen and oxygen atoms in total. The lowest BCUT2D eigenvalue weighted by Crippen LogP contribution is -2.13. The van der Waals surface area contributed by atoms with Crippen molar-refractivity contribution in [2.45, 2.75) is 30.5 Å². The number of ether oxygens (including phenoxy) is 1. The van der Waals surface area contributed by atoms with Crippen LogP contribution < -0.4 is 10.0 Å². The SMILES string of the molecule is CCCOc1ccc(-c2ccc(CSCc3ccc(C(F)(F)P(=O)(O)O)cc3)cc2)cc1P(=O)(O)O. The van der Waals surface area contributed by atoms with E-state index in [1.807, 2.05) is 31.2 Å². The Morgan fingerprint density at radius 2 is 1.36 bits per heavy atom. The lowest BCUT2D eigenvalue weighted by atomic mass is 10.0. The highest BCUT2D eigenvalue weighted by Crippen LogP contribution is 2.59. The van der Waals surface area contributed by atoms with E-state index in [2.05, 4.69) is 0 Å². The van der Waals surface area contributed by atoms with Crippen LogP contribution in [0.2, 0.25) is 0 Å². The molecule has 0 aliphatic rings. The van der Waals surface area contributed by atoms with E-state index in [1.165, 1.54) is 30.0 Å². The number of thioether (sulfide) groups is 1. The minimum absolute atomic E-state index is 0.155. The van der Waals surface area contributed by atoms with Crippen LogP contribution in [-0.2, 0) is 26.3 Å². The number of hydrogen-bond acceptors (Lipinski definition) is 4. The molecule has 0 radical (unpaired) electrons. The van der Waals surface area contributed by atoms with Gasteiger partial charge in [-0.3, -0.25) is 9.13 Å². The Hall–Kier alpha value is -2.03. The van der Waals surface area contributed by atoms with Gasteiger partial charge in [0.25, 0.3) is 0 Å². The van der Waals surface area contributed by atoms with Gasteiger partial charge in [-0.05, 0) is 40.8 Å². The normalized spacial score (nSPS) is 12.5. The summed E-state index contributed by atoms with van der Waals surface area (Å²) in [6.45, 7) is 2.25. The Kier molecular flexibility index (Phi) is 9.17. The first-order chi connectivity index (χ1) is 16.8. The molecule has 0 spiro atoms. The minimum atomic E-state index is -5.60. The Balaban J connectivity index is 1.64. The molecule has 0 unspecified atom stereocenters. The monoisotopic (exact) mass is 558 g/mol. The molecule has 36 heavy (non-hydrogen) atoms. The van der Waals surface area contributed by atoms with Gasteiger partial charge in [-0.15, -0.1) is 0 Å². The second kappa shape index (κ2) is 11.6. The summed E-state index contributed by atoms with van der Waals surface area (Å²) in [5, 5.41) is -0.155. The number of alkyl halides is 2. The molecule has 0 aromatic heterocycles. The lowest BCUT2D eigenvalue weighted by Gasteiger charge is -2.18. The molecule has 3 rings (SSSR count). The van der Waals surface area contributed by atoms with Crippen LogP contribution in [0, 0.1) is 0 Å². The van der Waals surface area contributed by atoms with Crippen LogP contribution in [0.5, 0.6) is 5.75 Å². The topological polar surface area (TPSA) is 124 Å². The van der Waals surface area contributed by atoms with Gasteiger partial charge in [0.1, 0.15) is 11.1 Å². The summed E-state index contributed by atoms with van der Waals surface area (Å²) in [5.41, 5.74) is -1.81. The predicted octanol–water partition coefficient (Wildman–Crippen LogP) is 5.61. The number of hydrogen-bond donors (Lipinski definition) is 4. The third kappa shape index (κ3) is 7.05. The zero-order chi connectivity index (χ0) is 26.6. The van der Waals surface area contributed by atoms with Gasteiger partial charge >= 0.3 is 20.9 Å². The fourth-order valence-corrected chi connectivity index (χ4v) is 5.49. The maximum absolute atomic E-state index is 13.8. The Labute approximate surface area is 211 Å². The molecule has 3 aromatic rings. The van der Waals surface area contributed by atoms with Crippen LogP contribution in [0.25, 0.3) is 11.1 Å². The smallest absolute Gasteiger partial charge is 0.399 e. The summed E-state index contributed by atoms with van der Waals surface area (Å²) in [7, 11) is -10.1. The third-order valence-corrected chi connectivity index (χ3v) is 8.27. The molecule has 0 fully saturated rings. The van der Waals surface area contributed by atoms with Crippen molar-refractivity contribution in [1.29, 1.82) is 0 Å². The molecule has 0 saturated carbocycles. The summed E-state index contributed by atoms with van der Waals surface area (Å²) >= 11 is 1.53. The molecule has 0 heterocycles. The van der Waals surface area contributed by atoms with Crippen molar-refractivity contribution >= 4 is 32.3 Å². The maximum Gasteiger partial charge on any atom is 0.399 e. The zero-order valence-electron chi connectivity index (χ0n) is 19.3. The first-order valence-corrected chi connectivity index (χ1v) is 15.2.